The van der Waals surface area contributed by atoms with Crippen LogP contribution in [0.3, 0.4) is 0 Å². The van der Waals surface area contributed by atoms with E-state index in [9.17, 15) is 0 Å². The maximum Gasteiger partial charge on any atom is 0.494 e. The van der Waals surface area contributed by atoms with Gasteiger partial charge in [0.15, 0.2) is 0 Å². The van der Waals surface area contributed by atoms with Gasteiger partial charge in [0.25, 0.3) is 0 Å². The lowest BCUT2D eigenvalue weighted by atomic mass is 9.79. The Morgan fingerprint density at radius 1 is 0.558 bits per heavy atom. The number of hydrogen-bond donors (Lipinski definition) is 0. The third-order valence-corrected chi connectivity index (χ3v) is 11.2. The zero-order valence-corrected chi connectivity index (χ0v) is 32.3. The second-order valence-electron chi connectivity index (χ2n) is 14.8. The van der Waals surface area contributed by atoms with E-state index >= 15 is 0 Å². The molecule has 0 radical (unpaired) electrons. The van der Waals surface area contributed by atoms with Crippen LogP contribution in [0.25, 0.3) is 0 Å². The summed E-state index contributed by atoms with van der Waals surface area (Å²) in [4.78, 5) is 9.80. The van der Waals surface area contributed by atoms with E-state index in [1.807, 2.05) is 24.3 Å². The van der Waals surface area contributed by atoms with Crippen LogP contribution in [0.15, 0.2) is 102 Å². The maximum atomic E-state index is 8.93. The first-order chi connectivity index (χ1) is 25.0. The first-order valence-corrected chi connectivity index (χ1v) is 18.9. The van der Waals surface area contributed by atoms with Gasteiger partial charge in [-0.05, 0) is 105 Å². The minimum absolute atomic E-state index is 0.312. The highest BCUT2D eigenvalue weighted by atomic mass is 79.9. The second kappa shape index (κ2) is 16.7. The van der Waals surface area contributed by atoms with Crippen molar-refractivity contribution >= 4 is 39.9 Å². The standard InChI is InChI=1S/C24H30BN3O2.C18H18BrN3/c1-23(2)24(3,4)30-25(29-23)21-9-11-22(12-10-21)28-15-13-27(14-16-28)18-20-7-5-19(17-26)6-8-20;19-17-5-7-18(8-6-17)22-11-9-21(10-12-22)14-16-3-1-15(13-20)2-4-16/h5-12H,13-16,18H2,1-4H3;1-8H,9-12,14H2. The molecule has 52 heavy (non-hydrogen) atoms. The predicted molar refractivity (Wildman–Crippen MR) is 214 cm³/mol. The fraction of sp³-hybridized carbons (Fsp3) is 0.381. The van der Waals surface area contributed by atoms with Gasteiger partial charge in [-0.1, -0.05) is 52.3 Å². The van der Waals surface area contributed by atoms with E-state index in [4.69, 9.17) is 19.8 Å². The van der Waals surface area contributed by atoms with E-state index in [-0.39, 0.29) is 18.3 Å². The van der Waals surface area contributed by atoms with E-state index in [1.165, 1.54) is 22.5 Å². The predicted octanol–water partition coefficient (Wildman–Crippen LogP) is 6.82. The van der Waals surface area contributed by atoms with Gasteiger partial charge in [0, 0.05) is 81.3 Å². The van der Waals surface area contributed by atoms with E-state index in [0.717, 1.165) is 80.9 Å². The molecule has 0 aromatic heterocycles. The number of benzene rings is 4. The Hall–Kier alpha value is -4.16. The molecule has 0 spiro atoms. The van der Waals surface area contributed by atoms with Crippen molar-refractivity contribution < 1.29 is 9.31 Å². The van der Waals surface area contributed by atoms with Crippen molar-refractivity contribution in [3.8, 4) is 12.1 Å². The summed E-state index contributed by atoms with van der Waals surface area (Å²) in [5.41, 5.74) is 6.94. The van der Waals surface area contributed by atoms with E-state index in [1.54, 1.807) is 0 Å². The first kappa shape index (κ1) is 37.6. The minimum Gasteiger partial charge on any atom is -0.399 e. The highest BCUT2D eigenvalue weighted by Crippen LogP contribution is 2.36. The average Bonchev–Trinajstić information content (AvgIpc) is 3.39. The molecule has 3 saturated heterocycles. The van der Waals surface area contributed by atoms with Crippen LogP contribution in [0.2, 0.25) is 0 Å². The van der Waals surface area contributed by atoms with Crippen LogP contribution in [0.1, 0.15) is 49.9 Å². The summed E-state index contributed by atoms with van der Waals surface area (Å²) in [5, 5.41) is 17.8. The van der Waals surface area contributed by atoms with Gasteiger partial charge in [-0.15, -0.1) is 0 Å². The monoisotopic (exact) mass is 758 g/mol. The first-order valence-electron chi connectivity index (χ1n) is 18.2. The summed E-state index contributed by atoms with van der Waals surface area (Å²) in [6.45, 7) is 18.5. The molecule has 268 valence electrons. The van der Waals surface area contributed by atoms with Crippen LogP contribution in [0.5, 0.6) is 0 Å². The Labute approximate surface area is 318 Å². The van der Waals surface area contributed by atoms with Gasteiger partial charge in [-0.25, -0.2) is 0 Å². The molecular formula is C42H48BBrN6O2. The normalized spacial score (nSPS) is 18.6. The van der Waals surface area contributed by atoms with E-state index in [0.29, 0.717) is 5.56 Å². The number of nitrogens with zero attached hydrogens (tertiary/aromatic N) is 6. The molecule has 10 heteroatoms. The molecule has 3 aliphatic rings. The Morgan fingerprint density at radius 3 is 1.29 bits per heavy atom. The molecule has 3 fully saturated rings. The SMILES string of the molecule is CC1(C)OB(c2ccc(N3CCN(Cc4ccc(C#N)cc4)CC3)cc2)OC1(C)C.N#Cc1ccc(CN2CCN(c3ccc(Br)cc3)CC2)cc1. The van der Waals surface area contributed by atoms with Gasteiger partial charge in [-0.2, -0.15) is 10.5 Å². The number of piperazine rings is 2. The molecule has 4 aromatic carbocycles. The second-order valence-corrected chi connectivity index (χ2v) is 15.7. The summed E-state index contributed by atoms with van der Waals surface area (Å²) in [6, 6.07) is 37.3. The van der Waals surface area contributed by atoms with Crippen LogP contribution >= 0.6 is 15.9 Å². The number of anilines is 2. The fourth-order valence-corrected chi connectivity index (χ4v) is 6.95. The third kappa shape index (κ3) is 9.44. The number of nitriles is 2. The molecule has 0 bridgehead atoms. The summed E-state index contributed by atoms with van der Waals surface area (Å²) < 4.78 is 13.4. The van der Waals surface area contributed by atoms with E-state index < -0.39 is 0 Å². The largest absolute Gasteiger partial charge is 0.494 e. The van der Waals surface area contributed by atoms with Crippen molar-refractivity contribution in [2.45, 2.75) is 52.0 Å². The Morgan fingerprint density at radius 2 is 0.923 bits per heavy atom. The summed E-state index contributed by atoms with van der Waals surface area (Å²) in [7, 11) is -0.312. The maximum absolute atomic E-state index is 8.93. The molecular weight excluding hydrogens is 711 g/mol. The van der Waals surface area contributed by atoms with Gasteiger partial charge < -0.3 is 19.1 Å². The summed E-state index contributed by atoms with van der Waals surface area (Å²) in [6.07, 6.45) is 0. The molecule has 0 N–H and O–H groups in total. The van der Waals surface area contributed by atoms with Crippen LogP contribution < -0.4 is 15.3 Å². The molecule has 0 amide bonds. The van der Waals surface area contributed by atoms with Gasteiger partial charge in [0.2, 0.25) is 0 Å². The smallest absolute Gasteiger partial charge is 0.399 e. The van der Waals surface area contributed by atoms with Crippen molar-refractivity contribution in [1.82, 2.24) is 9.80 Å². The summed E-state index contributed by atoms with van der Waals surface area (Å²) >= 11 is 3.48. The number of hydrogen-bond acceptors (Lipinski definition) is 8. The van der Waals surface area contributed by atoms with E-state index in [2.05, 4.69) is 148 Å². The number of rotatable bonds is 7. The quantitative estimate of drug-likeness (QED) is 0.190. The molecule has 0 unspecified atom stereocenters. The average molecular weight is 760 g/mol. The Bertz CT molecular complexity index is 1820. The summed E-state index contributed by atoms with van der Waals surface area (Å²) in [5.74, 6) is 0. The minimum atomic E-state index is -0.318. The highest BCUT2D eigenvalue weighted by Gasteiger charge is 2.51. The topological polar surface area (TPSA) is 79.0 Å². The molecule has 0 atom stereocenters. The molecule has 0 saturated carbocycles. The molecule has 0 aliphatic carbocycles. The Kier molecular flexibility index (Phi) is 12.1. The molecule has 3 heterocycles. The van der Waals surface area contributed by atoms with Gasteiger partial charge in [-0.3, -0.25) is 9.80 Å². The van der Waals surface area contributed by atoms with Gasteiger partial charge >= 0.3 is 7.12 Å². The molecule has 3 aliphatic heterocycles. The van der Waals surface area contributed by atoms with Gasteiger partial charge in [0.1, 0.15) is 0 Å². The molecule has 7 rings (SSSR count). The Balaban J connectivity index is 0.000000187. The van der Waals surface area contributed by atoms with Crippen LogP contribution in [0, 0.1) is 22.7 Å². The molecule has 4 aromatic rings. The van der Waals surface area contributed by atoms with Crippen LogP contribution in [-0.2, 0) is 22.4 Å². The highest BCUT2D eigenvalue weighted by molar-refractivity contribution is 9.10. The van der Waals surface area contributed by atoms with Crippen LogP contribution in [0.4, 0.5) is 11.4 Å². The molecule has 8 nitrogen and oxygen atoms in total. The van der Waals surface area contributed by atoms with Crippen molar-refractivity contribution in [3.05, 3.63) is 124 Å². The lowest BCUT2D eigenvalue weighted by molar-refractivity contribution is 0.00578. The van der Waals surface area contributed by atoms with Crippen molar-refractivity contribution in [2.75, 3.05) is 62.2 Å². The number of halogens is 1. The van der Waals surface area contributed by atoms with Gasteiger partial charge in [0.05, 0.1) is 34.5 Å². The lowest BCUT2D eigenvalue weighted by Gasteiger charge is -2.36. The van der Waals surface area contributed by atoms with Crippen molar-refractivity contribution in [3.63, 3.8) is 0 Å². The zero-order valence-electron chi connectivity index (χ0n) is 30.8. The lowest BCUT2D eigenvalue weighted by Crippen LogP contribution is -2.46. The van der Waals surface area contributed by atoms with Crippen LogP contribution in [-0.4, -0.2) is 80.5 Å². The zero-order chi connectivity index (χ0) is 36.7. The van der Waals surface area contributed by atoms with Crippen molar-refractivity contribution in [1.29, 1.82) is 10.5 Å². The fourth-order valence-electron chi connectivity index (χ4n) is 6.69. The van der Waals surface area contributed by atoms with Crippen molar-refractivity contribution in [2.24, 2.45) is 0 Å². The third-order valence-electron chi connectivity index (χ3n) is 10.7.